The van der Waals surface area contributed by atoms with Crippen LogP contribution in [0.4, 0.5) is 4.79 Å². The summed E-state index contributed by atoms with van der Waals surface area (Å²) in [6.45, 7) is 1.76. The molecule has 1 heterocycles. The van der Waals surface area contributed by atoms with Gasteiger partial charge in [-0.2, -0.15) is 5.06 Å². The number of amides is 2. The van der Waals surface area contributed by atoms with E-state index in [-0.39, 0.29) is 0 Å². The fourth-order valence-corrected chi connectivity index (χ4v) is 2.44. The molecular weight excluding hydrogens is 268 g/mol. The van der Waals surface area contributed by atoms with Crippen molar-refractivity contribution in [1.29, 1.82) is 0 Å². The van der Waals surface area contributed by atoms with Crippen molar-refractivity contribution in [3.8, 4) is 0 Å². The number of rotatable bonds is 2. The molecule has 3 aromatic rings. The molecule has 1 atom stereocenters. The van der Waals surface area contributed by atoms with Gasteiger partial charge in [0.15, 0.2) is 0 Å². The Morgan fingerprint density at radius 1 is 1.19 bits per heavy atom. The maximum atomic E-state index is 11.5. The van der Waals surface area contributed by atoms with Crippen molar-refractivity contribution in [2.45, 2.75) is 13.0 Å². The molecule has 1 unspecified atom stereocenters. The Morgan fingerprint density at radius 3 is 2.67 bits per heavy atom. The summed E-state index contributed by atoms with van der Waals surface area (Å²) >= 11 is 0. The number of hydrogen-bond donors (Lipinski definition) is 2. The minimum atomic E-state index is -0.542. The number of fused-ring (bicyclic) bond motifs is 3. The SMILES string of the molecule is CNC(=O)N(O)C(C)c1ccc2oc3ccccc3c2c1. The number of benzene rings is 2. The molecule has 5 nitrogen and oxygen atoms in total. The Hall–Kier alpha value is -2.53. The standard InChI is InChI=1S/C16H16N2O3/c1-10(18(20)16(19)17-2)11-7-8-15-13(9-11)12-5-3-4-6-14(12)21-15/h3-10,20H,1-2H3,(H,17,19). The van der Waals surface area contributed by atoms with Gasteiger partial charge in [-0.25, -0.2) is 4.79 Å². The first-order chi connectivity index (χ1) is 10.1. The number of nitrogens with one attached hydrogen (secondary N) is 1. The van der Waals surface area contributed by atoms with Gasteiger partial charge in [0, 0.05) is 17.8 Å². The minimum Gasteiger partial charge on any atom is -0.456 e. The summed E-state index contributed by atoms with van der Waals surface area (Å²) in [7, 11) is 1.48. The molecule has 0 aliphatic carbocycles. The summed E-state index contributed by atoms with van der Waals surface area (Å²) in [6.07, 6.45) is 0. The molecule has 3 rings (SSSR count). The number of furan rings is 1. The molecule has 0 radical (unpaired) electrons. The van der Waals surface area contributed by atoms with Gasteiger partial charge in [-0.15, -0.1) is 0 Å². The lowest BCUT2D eigenvalue weighted by Gasteiger charge is -2.22. The molecule has 0 aliphatic rings. The van der Waals surface area contributed by atoms with Gasteiger partial charge in [0.2, 0.25) is 0 Å². The normalized spacial score (nSPS) is 12.5. The van der Waals surface area contributed by atoms with Gasteiger partial charge in [0.1, 0.15) is 11.2 Å². The molecule has 0 aliphatic heterocycles. The lowest BCUT2D eigenvalue weighted by Crippen LogP contribution is -2.37. The van der Waals surface area contributed by atoms with Crippen molar-refractivity contribution in [2.75, 3.05) is 7.05 Å². The summed E-state index contributed by atoms with van der Waals surface area (Å²) in [4.78, 5) is 11.5. The average Bonchev–Trinajstić information content (AvgIpc) is 2.90. The van der Waals surface area contributed by atoms with E-state index in [1.807, 2.05) is 42.5 Å². The zero-order chi connectivity index (χ0) is 15.0. The number of carbonyl (C=O) groups is 1. The van der Waals surface area contributed by atoms with Crippen LogP contribution in [0.3, 0.4) is 0 Å². The van der Waals surface area contributed by atoms with E-state index in [2.05, 4.69) is 5.32 Å². The second-order valence-electron chi connectivity index (χ2n) is 4.93. The maximum absolute atomic E-state index is 11.5. The number of hydrogen-bond acceptors (Lipinski definition) is 3. The molecule has 108 valence electrons. The maximum Gasteiger partial charge on any atom is 0.341 e. The summed E-state index contributed by atoms with van der Waals surface area (Å²) in [6, 6.07) is 12.4. The molecule has 2 amide bonds. The zero-order valence-corrected chi connectivity index (χ0v) is 11.8. The van der Waals surface area contributed by atoms with Gasteiger partial charge in [-0.1, -0.05) is 24.3 Å². The Kier molecular flexibility index (Phi) is 3.27. The second-order valence-corrected chi connectivity index (χ2v) is 4.93. The van der Waals surface area contributed by atoms with E-state index in [4.69, 9.17) is 4.42 Å². The van der Waals surface area contributed by atoms with Gasteiger partial charge in [0.05, 0.1) is 6.04 Å². The van der Waals surface area contributed by atoms with Crippen LogP contribution in [0.1, 0.15) is 18.5 Å². The molecule has 5 heteroatoms. The summed E-state index contributed by atoms with van der Waals surface area (Å²) in [5.74, 6) is 0. The fourth-order valence-electron chi connectivity index (χ4n) is 2.44. The molecule has 2 aromatic carbocycles. The Bertz CT molecular complexity index is 809. The van der Waals surface area contributed by atoms with E-state index in [1.165, 1.54) is 7.05 Å². The lowest BCUT2D eigenvalue weighted by molar-refractivity contribution is -0.0737. The lowest BCUT2D eigenvalue weighted by atomic mass is 10.0. The van der Waals surface area contributed by atoms with Crippen molar-refractivity contribution >= 4 is 28.0 Å². The minimum absolute atomic E-state index is 0.456. The van der Waals surface area contributed by atoms with Crippen LogP contribution in [0.5, 0.6) is 0 Å². The number of hydroxylamine groups is 2. The van der Waals surface area contributed by atoms with Crippen LogP contribution in [0.25, 0.3) is 21.9 Å². The van der Waals surface area contributed by atoms with Gasteiger partial charge >= 0.3 is 6.03 Å². The topological polar surface area (TPSA) is 65.7 Å². The Labute approximate surface area is 121 Å². The smallest absolute Gasteiger partial charge is 0.341 e. The van der Waals surface area contributed by atoms with E-state index >= 15 is 0 Å². The Balaban J connectivity index is 2.08. The van der Waals surface area contributed by atoms with Gasteiger partial charge in [-0.05, 0) is 30.7 Å². The van der Waals surface area contributed by atoms with Crippen molar-refractivity contribution in [1.82, 2.24) is 10.4 Å². The second kappa shape index (κ2) is 5.10. The van der Waals surface area contributed by atoms with E-state index in [0.717, 1.165) is 27.5 Å². The quantitative estimate of drug-likeness (QED) is 0.557. The summed E-state index contributed by atoms with van der Waals surface area (Å²) < 4.78 is 5.76. The number of urea groups is 1. The highest BCUT2D eigenvalue weighted by Crippen LogP contribution is 2.31. The number of para-hydroxylation sites is 1. The highest BCUT2D eigenvalue weighted by atomic mass is 16.5. The molecule has 0 saturated heterocycles. The van der Waals surface area contributed by atoms with Crippen LogP contribution >= 0.6 is 0 Å². The van der Waals surface area contributed by atoms with E-state index in [0.29, 0.717) is 5.06 Å². The third-order valence-corrected chi connectivity index (χ3v) is 3.67. The molecule has 0 bridgehead atoms. The predicted molar refractivity (Wildman–Crippen MR) is 80.2 cm³/mol. The molecule has 0 saturated carbocycles. The largest absolute Gasteiger partial charge is 0.456 e. The van der Waals surface area contributed by atoms with Gasteiger partial charge in [0.25, 0.3) is 0 Å². The van der Waals surface area contributed by atoms with E-state index in [1.54, 1.807) is 6.92 Å². The molecule has 2 N–H and O–H groups in total. The van der Waals surface area contributed by atoms with Gasteiger partial charge < -0.3 is 9.73 Å². The van der Waals surface area contributed by atoms with Crippen molar-refractivity contribution in [3.05, 3.63) is 48.0 Å². The fraction of sp³-hybridized carbons (Fsp3) is 0.188. The van der Waals surface area contributed by atoms with Crippen molar-refractivity contribution < 1.29 is 14.4 Å². The molecule has 21 heavy (non-hydrogen) atoms. The average molecular weight is 284 g/mol. The third-order valence-electron chi connectivity index (χ3n) is 3.67. The molecule has 0 fully saturated rings. The third kappa shape index (κ3) is 2.21. The molecular formula is C16H16N2O3. The monoisotopic (exact) mass is 284 g/mol. The van der Waals surface area contributed by atoms with Crippen LogP contribution in [0.15, 0.2) is 46.9 Å². The van der Waals surface area contributed by atoms with Crippen molar-refractivity contribution in [3.63, 3.8) is 0 Å². The first kappa shape index (κ1) is 13.5. The van der Waals surface area contributed by atoms with Crippen molar-refractivity contribution in [2.24, 2.45) is 0 Å². The van der Waals surface area contributed by atoms with Crippen LogP contribution in [0.2, 0.25) is 0 Å². The molecule has 1 aromatic heterocycles. The Morgan fingerprint density at radius 2 is 1.90 bits per heavy atom. The number of nitrogens with zero attached hydrogens (tertiary/aromatic N) is 1. The van der Waals surface area contributed by atoms with Gasteiger partial charge in [-0.3, -0.25) is 5.21 Å². The van der Waals surface area contributed by atoms with E-state index in [9.17, 15) is 10.0 Å². The first-order valence-corrected chi connectivity index (χ1v) is 6.73. The summed E-state index contributed by atoms with van der Waals surface area (Å²) in [5.41, 5.74) is 2.45. The predicted octanol–water partition coefficient (Wildman–Crippen LogP) is 3.68. The number of carbonyl (C=O) groups excluding carboxylic acids is 1. The van der Waals surface area contributed by atoms with Crippen LogP contribution < -0.4 is 5.32 Å². The van der Waals surface area contributed by atoms with E-state index < -0.39 is 12.1 Å². The highest BCUT2D eigenvalue weighted by molar-refractivity contribution is 6.05. The highest BCUT2D eigenvalue weighted by Gasteiger charge is 2.19. The van der Waals surface area contributed by atoms with Crippen LogP contribution in [-0.2, 0) is 0 Å². The zero-order valence-electron chi connectivity index (χ0n) is 11.8. The first-order valence-electron chi connectivity index (χ1n) is 6.73. The molecule has 0 spiro atoms. The van der Waals surface area contributed by atoms with Crippen LogP contribution in [-0.4, -0.2) is 23.3 Å². The van der Waals surface area contributed by atoms with Crippen LogP contribution in [0, 0.1) is 0 Å². The summed E-state index contributed by atoms with van der Waals surface area (Å²) in [5, 5.41) is 14.9.